The highest BCUT2D eigenvalue weighted by Crippen LogP contribution is 2.60. The van der Waals surface area contributed by atoms with Crippen molar-refractivity contribution in [2.45, 2.75) is 130 Å². The van der Waals surface area contributed by atoms with Gasteiger partial charge in [0.2, 0.25) is 0 Å². The molecule has 8 bridgehead atoms. The van der Waals surface area contributed by atoms with E-state index in [1.165, 1.54) is 12.8 Å². The van der Waals surface area contributed by atoms with Gasteiger partial charge >= 0.3 is 0 Å². The van der Waals surface area contributed by atoms with E-state index in [-0.39, 0.29) is 48.7 Å². The Balaban J connectivity index is 0.000000181. The van der Waals surface area contributed by atoms with Gasteiger partial charge in [-0.15, -0.1) is 0 Å². The molecule has 0 amide bonds. The summed E-state index contributed by atoms with van der Waals surface area (Å²) in [5.74, 6) is 3.85. The van der Waals surface area contributed by atoms with Gasteiger partial charge in [-0.25, -0.2) is 0 Å². The third kappa shape index (κ3) is 5.81. The van der Waals surface area contributed by atoms with Crippen LogP contribution < -0.4 is 0 Å². The summed E-state index contributed by atoms with van der Waals surface area (Å²) in [7, 11) is 0. The molecule has 0 aromatic carbocycles. The molecule has 0 spiro atoms. The van der Waals surface area contributed by atoms with Crippen molar-refractivity contribution in [1.82, 2.24) is 0 Å². The molecule has 0 radical (unpaired) electrons. The van der Waals surface area contributed by atoms with Crippen LogP contribution in [0.15, 0.2) is 23.3 Å². The van der Waals surface area contributed by atoms with Crippen LogP contribution >= 0.6 is 0 Å². The molecular formula is C40H68O6. The Kier molecular flexibility index (Phi) is 11.0. The first kappa shape index (κ1) is 36.5. The largest absolute Gasteiger partial charge is 0.392 e. The van der Waals surface area contributed by atoms with Crippen LogP contribution in [0.4, 0.5) is 0 Å². The second-order valence-corrected chi connectivity index (χ2v) is 17.8. The van der Waals surface area contributed by atoms with Crippen molar-refractivity contribution in [3.05, 3.63) is 23.3 Å². The minimum absolute atomic E-state index is 0.0587. The van der Waals surface area contributed by atoms with E-state index in [0.29, 0.717) is 47.3 Å². The van der Waals surface area contributed by atoms with Gasteiger partial charge in [0.25, 0.3) is 0 Å². The molecule has 16 atom stereocenters. The molecule has 6 heteroatoms. The summed E-state index contributed by atoms with van der Waals surface area (Å²) in [6.45, 7) is 17.7. The fourth-order valence-electron chi connectivity index (χ4n) is 12.2. The van der Waals surface area contributed by atoms with Gasteiger partial charge < -0.3 is 30.6 Å². The number of aliphatic hydroxyl groups excluding tert-OH is 4. The van der Waals surface area contributed by atoms with Gasteiger partial charge in [-0.2, -0.15) is 0 Å². The second-order valence-electron chi connectivity index (χ2n) is 17.8. The first-order chi connectivity index (χ1) is 21.6. The predicted molar refractivity (Wildman–Crippen MR) is 183 cm³/mol. The molecule has 46 heavy (non-hydrogen) atoms. The third-order valence-corrected chi connectivity index (χ3v) is 15.1. The molecule has 6 aliphatic carbocycles. The fraction of sp³-hybridized carbons (Fsp3) is 0.900. The first-order valence-electron chi connectivity index (χ1n) is 19.1. The molecule has 6 nitrogen and oxygen atoms in total. The summed E-state index contributed by atoms with van der Waals surface area (Å²) >= 11 is 0. The molecule has 6 aliphatic rings. The molecule has 4 fully saturated rings. The number of hydrogen-bond donors (Lipinski definition) is 6. The Bertz CT molecular complexity index is 1030. The van der Waals surface area contributed by atoms with Gasteiger partial charge in [0.15, 0.2) is 0 Å². The summed E-state index contributed by atoms with van der Waals surface area (Å²) in [6.07, 6.45) is 11.6. The minimum Gasteiger partial charge on any atom is -0.392 e. The van der Waals surface area contributed by atoms with E-state index in [0.717, 1.165) is 49.7 Å². The van der Waals surface area contributed by atoms with Gasteiger partial charge in [0.1, 0.15) is 0 Å². The monoisotopic (exact) mass is 645 g/mol. The van der Waals surface area contributed by atoms with Crippen molar-refractivity contribution in [1.29, 1.82) is 0 Å². The number of rotatable bonds is 4. The van der Waals surface area contributed by atoms with E-state index in [1.807, 2.05) is 12.2 Å². The summed E-state index contributed by atoms with van der Waals surface area (Å²) in [5.41, 5.74) is -0.179. The van der Waals surface area contributed by atoms with Gasteiger partial charge in [-0.05, 0) is 109 Å². The minimum atomic E-state index is -0.829. The van der Waals surface area contributed by atoms with Crippen LogP contribution in [0.25, 0.3) is 0 Å². The zero-order chi connectivity index (χ0) is 33.9. The topological polar surface area (TPSA) is 121 Å². The van der Waals surface area contributed by atoms with Crippen molar-refractivity contribution < 1.29 is 30.6 Å². The van der Waals surface area contributed by atoms with Gasteiger partial charge in [0, 0.05) is 23.7 Å². The molecule has 0 heterocycles. The van der Waals surface area contributed by atoms with Crippen molar-refractivity contribution in [2.75, 3.05) is 13.2 Å². The highest BCUT2D eigenvalue weighted by atomic mass is 16.3. The maximum absolute atomic E-state index is 11.9. The van der Waals surface area contributed by atoms with E-state index in [9.17, 15) is 30.6 Å². The van der Waals surface area contributed by atoms with Crippen LogP contribution in [-0.2, 0) is 0 Å². The summed E-state index contributed by atoms with van der Waals surface area (Å²) in [5, 5.41) is 65.2. The molecule has 0 aliphatic heterocycles. The van der Waals surface area contributed by atoms with Gasteiger partial charge in [-0.3, -0.25) is 0 Å². The molecule has 6 N–H and O–H groups in total. The molecule has 0 unspecified atom stereocenters. The predicted octanol–water partition coefficient (Wildman–Crippen LogP) is 5.98. The standard InChI is InChI=1S/2C20H34O3/c2*1-11(2)15-7-5-12(3)16-8-6-13(4)20(23)17(15)9-14(10-21)19(22)18(16)20/h2*9,11-13,15-19,21-23H,5-8,10H2,1-4H3/t2*12-,13-,15-,16+,17+,18+,19-,20+/m11/s1. The summed E-state index contributed by atoms with van der Waals surface area (Å²) in [4.78, 5) is 0. The lowest BCUT2D eigenvalue weighted by molar-refractivity contribution is -0.203. The van der Waals surface area contributed by atoms with Crippen molar-refractivity contribution >= 4 is 0 Å². The zero-order valence-corrected chi connectivity index (χ0v) is 30.1. The zero-order valence-electron chi connectivity index (χ0n) is 30.1. The summed E-state index contributed by atoms with van der Waals surface area (Å²) < 4.78 is 0. The number of hydrogen-bond acceptors (Lipinski definition) is 6. The third-order valence-electron chi connectivity index (χ3n) is 15.1. The maximum atomic E-state index is 11.9. The Hall–Kier alpha value is -0.760. The number of aliphatic hydroxyl groups is 6. The van der Waals surface area contributed by atoms with Gasteiger partial charge in [-0.1, -0.05) is 80.4 Å². The van der Waals surface area contributed by atoms with E-state index < -0.39 is 23.4 Å². The Morgan fingerprint density at radius 3 is 1.24 bits per heavy atom. The van der Waals surface area contributed by atoms with E-state index in [1.54, 1.807) is 0 Å². The molecular weight excluding hydrogens is 576 g/mol. The Labute approximate surface area is 279 Å². The maximum Gasteiger partial charge on any atom is 0.0831 e. The molecule has 0 aromatic rings. The van der Waals surface area contributed by atoms with Crippen LogP contribution in [0.5, 0.6) is 0 Å². The molecule has 0 aromatic heterocycles. The Morgan fingerprint density at radius 1 is 0.587 bits per heavy atom. The average molecular weight is 645 g/mol. The van der Waals surface area contributed by atoms with Crippen molar-refractivity contribution in [3.8, 4) is 0 Å². The van der Waals surface area contributed by atoms with Gasteiger partial charge in [0.05, 0.1) is 36.6 Å². The SMILES string of the molecule is CC(C)[C@H]1CC[C@@H](C)[C@@H]2CC[C@@H](C)[C@@]3(O)[C@@H]2[C@H](O)C(CO)=C[C@@H]13.CC(C)[C@H]1CC[C@@H](C)[C@@H]2CC[C@@H](C)[C@@]3(O)[C@@H]2[C@H](O)C(CO)=C[C@@H]13. The highest BCUT2D eigenvalue weighted by Gasteiger charge is 2.62. The van der Waals surface area contributed by atoms with Crippen molar-refractivity contribution in [2.24, 2.45) is 82.9 Å². The van der Waals surface area contributed by atoms with Crippen LogP contribution in [-0.4, -0.2) is 67.3 Å². The highest BCUT2D eigenvalue weighted by molar-refractivity contribution is 5.28. The molecule has 6 rings (SSSR count). The quantitative estimate of drug-likeness (QED) is 0.210. The molecule has 264 valence electrons. The van der Waals surface area contributed by atoms with E-state index in [4.69, 9.17) is 0 Å². The first-order valence-corrected chi connectivity index (χ1v) is 19.1. The van der Waals surface area contributed by atoms with E-state index >= 15 is 0 Å². The Morgan fingerprint density at radius 2 is 0.935 bits per heavy atom. The molecule has 4 saturated carbocycles. The second kappa shape index (κ2) is 13.9. The lowest BCUT2D eigenvalue weighted by Gasteiger charge is -2.60. The lowest BCUT2D eigenvalue weighted by atomic mass is 9.48. The van der Waals surface area contributed by atoms with Crippen molar-refractivity contribution in [3.63, 3.8) is 0 Å². The van der Waals surface area contributed by atoms with Crippen LogP contribution in [0.3, 0.4) is 0 Å². The lowest BCUT2D eigenvalue weighted by Crippen LogP contribution is -2.65. The average Bonchev–Trinajstić information content (AvgIpc) is 3.00. The fourth-order valence-corrected chi connectivity index (χ4v) is 12.2. The summed E-state index contributed by atoms with van der Waals surface area (Å²) in [6, 6.07) is 0. The van der Waals surface area contributed by atoms with Crippen LogP contribution in [0.2, 0.25) is 0 Å². The normalized spacial score (nSPS) is 50.3. The smallest absolute Gasteiger partial charge is 0.0831 e. The van der Waals surface area contributed by atoms with Crippen LogP contribution in [0, 0.1) is 82.9 Å². The van der Waals surface area contributed by atoms with E-state index in [2.05, 4.69) is 55.4 Å². The molecule has 0 saturated heterocycles. The van der Waals surface area contributed by atoms with Crippen LogP contribution in [0.1, 0.15) is 107 Å².